The van der Waals surface area contributed by atoms with Crippen LogP contribution in [-0.2, 0) is 4.74 Å². The summed E-state index contributed by atoms with van der Waals surface area (Å²) in [6, 6.07) is 8.87. The van der Waals surface area contributed by atoms with Gasteiger partial charge in [0, 0.05) is 24.3 Å². The molecular formula is C20H24O7. The maximum atomic E-state index is 10.8. The van der Waals surface area contributed by atoms with Gasteiger partial charge in [0.15, 0.2) is 17.6 Å². The number of fused-ring (bicyclic) bond motifs is 1. The monoisotopic (exact) mass is 376 g/mol. The van der Waals surface area contributed by atoms with E-state index < -0.39 is 18.3 Å². The first kappa shape index (κ1) is 19.1. The van der Waals surface area contributed by atoms with Crippen molar-refractivity contribution in [2.24, 2.45) is 0 Å². The summed E-state index contributed by atoms with van der Waals surface area (Å²) < 4.78 is 33.3. The van der Waals surface area contributed by atoms with Gasteiger partial charge in [0.1, 0.15) is 23.7 Å². The number of aliphatic hydroxyl groups is 1. The molecule has 2 aromatic carbocycles. The molecule has 0 saturated heterocycles. The molecule has 0 radical (unpaired) electrons. The Hall–Kier alpha value is -2.64. The molecule has 3 rings (SSSR count). The van der Waals surface area contributed by atoms with Gasteiger partial charge >= 0.3 is 0 Å². The van der Waals surface area contributed by atoms with Crippen LogP contribution in [0.2, 0.25) is 0 Å². The predicted octanol–water partition coefficient (Wildman–Crippen LogP) is 2.90. The molecule has 0 spiro atoms. The van der Waals surface area contributed by atoms with Crippen molar-refractivity contribution in [2.75, 3.05) is 35.5 Å². The maximum Gasteiger partial charge on any atom is 0.203 e. The molecule has 7 heteroatoms. The summed E-state index contributed by atoms with van der Waals surface area (Å²) in [6.45, 7) is 0. The predicted molar refractivity (Wildman–Crippen MR) is 98.2 cm³/mol. The standard InChI is InChI=1S/C20H24O7/c1-22-12-6-7-13-14(10-12)27-18(20(26-5)17(13)21)11-8-15(23-2)19(25-4)16(9-11)24-3/h6-10,17-18,20-21H,1-5H3. The molecule has 27 heavy (non-hydrogen) atoms. The van der Waals surface area contributed by atoms with Crippen molar-refractivity contribution < 1.29 is 33.5 Å². The quantitative estimate of drug-likeness (QED) is 0.831. The number of rotatable bonds is 6. The minimum absolute atomic E-state index is 0.483. The summed E-state index contributed by atoms with van der Waals surface area (Å²) in [6.07, 6.45) is -2.07. The first-order valence-electron chi connectivity index (χ1n) is 8.43. The fourth-order valence-corrected chi connectivity index (χ4v) is 3.31. The van der Waals surface area contributed by atoms with Crippen molar-refractivity contribution >= 4 is 0 Å². The highest BCUT2D eigenvalue weighted by molar-refractivity contribution is 5.55. The van der Waals surface area contributed by atoms with E-state index >= 15 is 0 Å². The SMILES string of the molecule is COc1ccc2c(c1)OC(c1cc(OC)c(OC)c(OC)c1)C(OC)C2O. The zero-order valence-electron chi connectivity index (χ0n) is 16.0. The molecule has 1 aliphatic heterocycles. The van der Waals surface area contributed by atoms with Crippen LogP contribution >= 0.6 is 0 Å². The van der Waals surface area contributed by atoms with Crippen molar-refractivity contribution in [3.8, 4) is 28.7 Å². The van der Waals surface area contributed by atoms with Crippen LogP contribution in [0.15, 0.2) is 30.3 Å². The van der Waals surface area contributed by atoms with Gasteiger partial charge in [0.05, 0.1) is 28.4 Å². The van der Waals surface area contributed by atoms with E-state index in [9.17, 15) is 5.11 Å². The lowest BCUT2D eigenvalue weighted by atomic mass is 9.91. The summed E-state index contributed by atoms with van der Waals surface area (Å²) in [5, 5.41) is 10.8. The lowest BCUT2D eigenvalue weighted by Gasteiger charge is -2.37. The number of ether oxygens (including phenoxy) is 6. The second-order valence-electron chi connectivity index (χ2n) is 6.05. The molecule has 146 valence electrons. The van der Waals surface area contributed by atoms with Crippen molar-refractivity contribution in [1.29, 1.82) is 0 Å². The maximum absolute atomic E-state index is 10.8. The van der Waals surface area contributed by atoms with Gasteiger partial charge in [-0.25, -0.2) is 0 Å². The van der Waals surface area contributed by atoms with Gasteiger partial charge in [0.25, 0.3) is 0 Å². The van der Waals surface area contributed by atoms with Crippen LogP contribution in [0.25, 0.3) is 0 Å². The molecule has 1 N–H and O–H groups in total. The fourth-order valence-electron chi connectivity index (χ4n) is 3.31. The summed E-state index contributed by atoms with van der Waals surface area (Å²) in [5.41, 5.74) is 1.37. The molecule has 0 amide bonds. The topological polar surface area (TPSA) is 75.6 Å². The third-order valence-electron chi connectivity index (χ3n) is 4.69. The van der Waals surface area contributed by atoms with E-state index in [1.807, 2.05) is 0 Å². The summed E-state index contributed by atoms with van der Waals surface area (Å²) in [7, 11) is 7.75. The van der Waals surface area contributed by atoms with Gasteiger partial charge in [-0.1, -0.05) is 0 Å². The van der Waals surface area contributed by atoms with E-state index in [2.05, 4.69) is 0 Å². The van der Waals surface area contributed by atoms with Gasteiger partial charge in [-0.15, -0.1) is 0 Å². The highest BCUT2D eigenvalue weighted by Gasteiger charge is 2.39. The molecule has 7 nitrogen and oxygen atoms in total. The van der Waals surface area contributed by atoms with Crippen LogP contribution in [0.1, 0.15) is 23.3 Å². The molecule has 2 aromatic rings. The molecular weight excluding hydrogens is 352 g/mol. The highest BCUT2D eigenvalue weighted by atomic mass is 16.6. The average Bonchev–Trinajstić information content (AvgIpc) is 2.71. The molecule has 0 aromatic heterocycles. The van der Waals surface area contributed by atoms with E-state index in [1.54, 1.807) is 58.8 Å². The summed E-state index contributed by atoms with van der Waals surface area (Å²) >= 11 is 0. The number of hydrogen-bond acceptors (Lipinski definition) is 7. The van der Waals surface area contributed by atoms with Crippen LogP contribution in [0.5, 0.6) is 28.7 Å². The van der Waals surface area contributed by atoms with Crippen LogP contribution in [0.4, 0.5) is 0 Å². The molecule has 0 fully saturated rings. The molecule has 0 bridgehead atoms. The minimum atomic E-state index is -0.867. The first-order valence-corrected chi connectivity index (χ1v) is 8.43. The number of hydrogen-bond donors (Lipinski definition) is 1. The van der Waals surface area contributed by atoms with E-state index in [0.29, 0.717) is 34.3 Å². The highest BCUT2D eigenvalue weighted by Crippen LogP contribution is 2.47. The number of benzene rings is 2. The second kappa shape index (κ2) is 7.94. The lowest BCUT2D eigenvalue weighted by Crippen LogP contribution is -2.36. The van der Waals surface area contributed by atoms with Gasteiger partial charge < -0.3 is 33.5 Å². The molecule has 3 atom stereocenters. The Bertz CT molecular complexity index is 780. The zero-order chi connectivity index (χ0) is 19.6. The number of aliphatic hydroxyl groups excluding tert-OH is 1. The third kappa shape index (κ3) is 3.36. The second-order valence-corrected chi connectivity index (χ2v) is 6.05. The largest absolute Gasteiger partial charge is 0.497 e. The fraction of sp³-hybridized carbons (Fsp3) is 0.400. The molecule has 3 unspecified atom stereocenters. The van der Waals surface area contributed by atoms with Crippen molar-refractivity contribution in [2.45, 2.75) is 18.3 Å². The first-order chi connectivity index (χ1) is 13.1. The van der Waals surface area contributed by atoms with E-state index in [1.165, 1.54) is 7.11 Å². The molecule has 0 aliphatic carbocycles. The molecule has 1 aliphatic rings. The Morgan fingerprint density at radius 1 is 0.852 bits per heavy atom. The normalized spacial score (nSPS) is 21.0. The Morgan fingerprint density at radius 2 is 1.52 bits per heavy atom. The van der Waals surface area contributed by atoms with Gasteiger partial charge in [-0.3, -0.25) is 0 Å². The van der Waals surface area contributed by atoms with Gasteiger partial charge in [-0.2, -0.15) is 0 Å². The minimum Gasteiger partial charge on any atom is -0.497 e. The van der Waals surface area contributed by atoms with E-state index in [4.69, 9.17) is 28.4 Å². The smallest absolute Gasteiger partial charge is 0.203 e. The Balaban J connectivity index is 2.09. The number of methoxy groups -OCH3 is 5. The summed E-state index contributed by atoms with van der Waals surface area (Å²) in [5.74, 6) is 2.65. The zero-order valence-corrected chi connectivity index (χ0v) is 16.0. The van der Waals surface area contributed by atoms with Gasteiger partial charge in [-0.05, 0) is 24.3 Å². The average molecular weight is 376 g/mol. The Morgan fingerprint density at radius 3 is 2.04 bits per heavy atom. The van der Waals surface area contributed by atoms with Crippen molar-refractivity contribution in [3.63, 3.8) is 0 Å². The van der Waals surface area contributed by atoms with Crippen LogP contribution in [0.3, 0.4) is 0 Å². The Labute approximate surface area is 158 Å². The lowest BCUT2D eigenvalue weighted by molar-refractivity contribution is -0.0916. The third-order valence-corrected chi connectivity index (χ3v) is 4.69. The van der Waals surface area contributed by atoms with E-state index in [-0.39, 0.29) is 0 Å². The molecule has 0 saturated carbocycles. The molecule has 1 heterocycles. The van der Waals surface area contributed by atoms with Crippen LogP contribution in [0, 0.1) is 0 Å². The van der Waals surface area contributed by atoms with E-state index in [0.717, 1.165) is 5.56 Å². The van der Waals surface area contributed by atoms with Crippen LogP contribution < -0.4 is 23.7 Å². The van der Waals surface area contributed by atoms with Crippen LogP contribution in [-0.4, -0.2) is 46.8 Å². The summed E-state index contributed by atoms with van der Waals surface area (Å²) in [4.78, 5) is 0. The van der Waals surface area contributed by atoms with Crippen molar-refractivity contribution in [1.82, 2.24) is 0 Å². The Kier molecular flexibility index (Phi) is 5.62. The van der Waals surface area contributed by atoms with Gasteiger partial charge in [0.2, 0.25) is 5.75 Å². The van der Waals surface area contributed by atoms with Crippen molar-refractivity contribution in [3.05, 3.63) is 41.5 Å².